The second kappa shape index (κ2) is 9.51. The second-order valence-electron chi connectivity index (χ2n) is 6.35. The van der Waals surface area contributed by atoms with E-state index in [1.807, 2.05) is 6.92 Å². The minimum atomic E-state index is -0.689. The summed E-state index contributed by atoms with van der Waals surface area (Å²) in [6.45, 7) is 1.38. The van der Waals surface area contributed by atoms with Crippen molar-refractivity contribution < 1.29 is 18.7 Å². The van der Waals surface area contributed by atoms with Crippen LogP contribution >= 0.6 is 34.8 Å². The van der Waals surface area contributed by atoms with Gasteiger partial charge in [-0.3, -0.25) is 9.59 Å². The lowest BCUT2D eigenvalue weighted by molar-refractivity contribution is -0.143. The van der Waals surface area contributed by atoms with Crippen LogP contribution in [0.2, 0.25) is 15.1 Å². The number of hydrogen-bond acceptors (Lipinski definition) is 5. The number of ether oxygens (including phenoxy) is 1. The number of esters is 1. The van der Waals surface area contributed by atoms with E-state index < -0.39 is 17.5 Å². The van der Waals surface area contributed by atoms with Crippen molar-refractivity contribution in [3.05, 3.63) is 78.6 Å². The molecule has 3 aromatic rings. The number of carbonyl (C=O) groups excluding carboxylic acids is 2. The Kier molecular flexibility index (Phi) is 7.02. The lowest BCUT2D eigenvalue weighted by atomic mass is 10.1. The van der Waals surface area contributed by atoms with Crippen molar-refractivity contribution in [3.63, 3.8) is 0 Å². The number of aryl methyl sites for hydroxylation is 1. The van der Waals surface area contributed by atoms with E-state index >= 15 is 0 Å². The molecule has 3 rings (SSSR count). The van der Waals surface area contributed by atoms with Crippen LogP contribution in [0.5, 0.6) is 0 Å². The van der Waals surface area contributed by atoms with E-state index in [2.05, 4.69) is 5.32 Å². The maximum atomic E-state index is 12.2. The molecule has 1 aromatic heterocycles. The van der Waals surface area contributed by atoms with Gasteiger partial charge in [0.2, 0.25) is 0 Å². The van der Waals surface area contributed by atoms with Crippen LogP contribution in [-0.2, 0) is 22.6 Å². The molecule has 1 heterocycles. The van der Waals surface area contributed by atoms with Crippen molar-refractivity contribution in [1.82, 2.24) is 5.32 Å². The summed E-state index contributed by atoms with van der Waals surface area (Å²) in [7, 11) is 0. The number of fused-ring (bicyclic) bond motifs is 1. The molecule has 30 heavy (non-hydrogen) atoms. The van der Waals surface area contributed by atoms with E-state index in [-0.39, 0.29) is 23.7 Å². The third-order valence-electron chi connectivity index (χ3n) is 4.34. The standard InChI is InChI=1S/C21H16Cl3NO5/c1-2-11-5-18-15(8-16(11)23)12(6-19(26)30-18)10-29-20(27)9-25-21(28)14-4-3-13(22)7-17(14)24/h3-8H,2,9-10H2,1H3,(H,25,28). The Hall–Kier alpha value is -2.54. The molecule has 1 N–H and O–H groups in total. The molecule has 0 bridgehead atoms. The first-order chi connectivity index (χ1) is 14.3. The minimum absolute atomic E-state index is 0.166. The number of hydrogen-bond donors (Lipinski definition) is 1. The van der Waals surface area contributed by atoms with Crippen molar-refractivity contribution in [1.29, 1.82) is 0 Å². The minimum Gasteiger partial charge on any atom is -0.459 e. The zero-order chi connectivity index (χ0) is 21.8. The summed E-state index contributed by atoms with van der Waals surface area (Å²) in [4.78, 5) is 36.1. The third-order valence-corrected chi connectivity index (χ3v) is 5.24. The first-order valence-electron chi connectivity index (χ1n) is 8.92. The molecule has 0 radical (unpaired) electrons. The largest absolute Gasteiger partial charge is 0.459 e. The van der Waals surface area contributed by atoms with Crippen molar-refractivity contribution in [2.45, 2.75) is 20.0 Å². The van der Waals surface area contributed by atoms with Gasteiger partial charge < -0.3 is 14.5 Å². The summed E-state index contributed by atoms with van der Waals surface area (Å²) in [6, 6.07) is 9.00. The van der Waals surface area contributed by atoms with Gasteiger partial charge >= 0.3 is 11.6 Å². The molecule has 0 unspecified atom stereocenters. The number of benzene rings is 2. The summed E-state index contributed by atoms with van der Waals surface area (Å²) >= 11 is 18.0. The van der Waals surface area contributed by atoms with Gasteiger partial charge in [0.1, 0.15) is 18.7 Å². The van der Waals surface area contributed by atoms with Gasteiger partial charge in [-0.15, -0.1) is 0 Å². The van der Waals surface area contributed by atoms with Crippen molar-refractivity contribution in [2.75, 3.05) is 6.54 Å². The summed E-state index contributed by atoms with van der Waals surface area (Å²) in [5.41, 5.74) is 1.27. The Morgan fingerprint density at radius 1 is 1.03 bits per heavy atom. The lowest BCUT2D eigenvalue weighted by Crippen LogP contribution is -2.30. The van der Waals surface area contributed by atoms with Gasteiger partial charge in [0.15, 0.2) is 0 Å². The summed E-state index contributed by atoms with van der Waals surface area (Å²) < 4.78 is 10.4. The second-order valence-corrected chi connectivity index (χ2v) is 7.60. The van der Waals surface area contributed by atoms with E-state index in [4.69, 9.17) is 44.0 Å². The zero-order valence-corrected chi connectivity index (χ0v) is 18.0. The number of nitrogens with one attached hydrogen (secondary N) is 1. The van der Waals surface area contributed by atoms with Gasteiger partial charge in [0, 0.05) is 27.1 Å². The molecule has 0 aliphatic rings. The van der Waals surface area contributed by atoms with E-state index in [0.717, 1.165) is 5.56 Å². The predicted octanol–water partition coefficient (Wildman–Crippen LogP) is 4.79. The number of amides is 1. The average Bonchev–Trinajstić information content (AvgIpc) is 2.70. The molecule has 0 saturated heterocycles. The number of rotatable bonds is 6. The topological polar surface area (TPSA) is 85.6 Å². The molecule has 0 spiro atoms. The van der Waals surface area contributed by atoms with E-state index in [9.17, 15) is 14.4 Å². The Balaban J connectivity index is 1.67. The van der Waals surface area contributed by atoms with Crippen molar-refractivity contribution >= 4 is 57.6 Å². The van der Waals surface area contributed by atoms with Gasteiger partial charge in [-0.25, -0.2) is 4.79 Å². The third kappa shape index (κ3) is 5.14. The highest BCUT2D eigenvalue weighted by atomic mass is 35.5. The molecular formula is C21H16Cl3NO5. The van der Waals surface area contributed by atoms with Gasteiger partial charge in [-0.1, -0.05) is 41.7 Å². The summed E-state index contributed by atoms with van der Waals surface area (Å²) in [5, 5.41) is 4.08. The fourth-order valence-corrected chi connectivity index (χ4v) is 3.60. The molecule has 0 aliphatic carbocycles. The molecule has 0 saturated carbocycles. The normalized spacial score (nSPS) is 10.8. The van der Waals surface area contributed by atoms with Gasteiger partial charge in [-0.2, -0.15) is 0 Å². The fourth-order valence-electron chi connectivity index (χ4n) is 2.81. The molecule has 1 amide bonds. The van der Waals surface area contributed by atoms with Gasteiger partial charge in [0.05, 0.1) is 10.6 Å². The predicted molar refractivity (Wildman–Crippen MR) is 115 cm³/mol. The van der Waals surface area contributed by atoms with E-state index in [1.54, 1.807) is 12.1 Å². The molecule has 6 nitrogen and oxygen atoms in total. The monoisotopic (exact) mass is 467 g/mol. The van der Waals surface area contributed by atoms with Gasteiger partial charge in [0.25, 0.3) is 5.91 Å². The van der Waals surface area contributed by atoms with E-state index in [1.165, 1.54) is 24.3 Å². The highest BCUT2D eigenvalue weighted by molar-refractivity contribution is 6.36. The van der Waals surface area contributed by atoms with Crippen LogP contribution in [0.15, 0.2) is 45.6 Å². The number of halogens is 3. The fraction of sp³-hybridized carbons (Fsp3) is 0.190. The van der Waals surface area contributed by atoms with Crippen LogP contribution in [0.25, 0.3) is 11.0 Å². The molecule has 156 valence electrons. The Morgan fingerprint density at radius 2 is 1.80 bits per heavy atom. The van der Waals surface area contributed by atoms with Crippen LogP contribution in [0, 0.1) is 0 Å². The highest BCUT2D eigenvalue weighted by Crippen LogP contribution is 2.26. The van der Waals surface area contributed by atoms with Gasteiger partial charge in [-0.05, 0) is 42.3 Å². The summed E-state index contributed by atoms with van der Waals surface area (Å²) in [6.07, 6.45) is 0.676. The van der Waals surface area contributed by atoms with Crippen LogP contribution in [0.1, 0.15) is 28.4 Å². The van der Waals surface area contributed by atoms with Crippen LogP contribution in [-0.4, -0.2) is 18.4 Å². The first kappa shape index (κ1) is 22.2. The molecule has 0 atom stereocenters. The molecule has 0 fully saturated rings. The van der Waals surface area contributed by atoms with Crippen LogP contribution in [0.3, 0.4) is 0 Å². The maximum Gasteiger partial charge on any atom is 0.336 e. The zero-order valence-electron chi connectivity index (χ0n) is 15.8. The Bertz CT molecular complexity index is 1190. The number of carbonyl (C=O) groups is 2. The lowest BCUT2D eigenvalue weighted by Gasteiger charge is -2.10. The first-order valence-corrected chi connectivity index (χ1v) is 10.1. The Labute approximate surface area is 186 Å². The SMILES string of the molecule is CCc1cc2oc(=O)cc(COC(=O)CNC(=O)c3ccc(Cl)cc3Cl)c2cc1Cl. The smallest absolute Gasteiger partial charge is 0.336 e. The Morgan fingerprint density at radius 3 is 2.50 bits per heavy atom. The summed E-state index contributed by atoms with van der Waals surface area (Å²) in [5.74, 6) is -1.23. The molecule has 2 aromatic carbocycles. The van der Waals surface area contributed by atoms with E-state index in [0.29, 0.717) is 33.0 Å². The maximum absolute atomic E-state index is 12.2. The van der Waals surface area contributed by atoms with Crippen molar-refractivity contribution in [2.24, 2.45) is 0 Å². The van der Waals surface area contributed by atoms with Crippen LogP contribution in [0.4, 0.5) is 0 Å². The quantitative estimate of drug-likeness (QED) is 0.415. The van der Waals surface area contributed by atoms with Crippen molar-refractivity contribution in [3.8, 4) is 0 Å². The highest BCUT2D eigenvalue weighted by Gasteiger charge is 2.14. The average molecular weight is 469 g/mol. The molecule has 0 aliphatic heterocycles. The molecular weight excluding hydrogens is 453 g/mol. The molecule has 9 heteroatoms. The van der Waals surface area contributed by atoms with Crippen LogP contribution < -0.4 is 10.9 Å².